The van der Waals surface area contributed by atoms with Crippen molar-refractivity contribution in [2.45, 2.75) is 43.7 Å². The molecule has 0 bridgehead atoms. The van der Waals surface area contributed by atoms with Crippen LogP contribution in [0.15, 0.2) is 24.3 Å². The maximum Gasteiger partial charge on any atom is 0.243 e. The number of nitrogens with one attached hydrogen (secondary N) is 2. The van der Waals surface area contributed by atoms with Gasteiger partial charge in [0.05, 0.1) is 13.2 Å². The summed E-state index contributed by atoms with van der Waals surface area (Å²) < 4.78 is 5.25. The van der Waals surface area contributed by atoms with Crippen LogP contribution in [0.1, 0.15) is 37.2 Å². The Bertz CT molecular complexity index is 552. The number of hydrogen-bond donors (Lipinski definition) is 2. The molecule has 1 aromatic carbocycles. The molecule has 1 saturated carbocycles. The van der Waals surface area contributed by atoms with Crippen molar-refractivity contribution in [3.05, 3.63) is 29.8 Å². The minimum absolute atomic E-state index is 0.166. The first-order valence-electron chi connectivity index (χ1n) is 7.39. The Morgan fingerprint density at radius 3 is 2.81 bits per heavy atom. The third-order valence-electron chi connectivity index (χ3n) is 4.38. The van der Waals surface area contributed by atoms with Gasteiger partial charge >= 0.3 is 0 Å². The van der Waals surface area contributed by atoms with Crippen LogP contribution in [0, 0.1) is 0 Å². The minimum Gasteiger partial charge on any atom is -0.497 e. The maximum absolute atomic E-state index is 11.7. The molecule has 1 saturated heterocycles. The van der Waals surface area contributed by atoms with Gasteiger partial charge < -0.3 is 10.1 Å². The van der Waals surface area contributed by atoms with E-state index in [1.54, 1.807) is 7.11 Å². The summed E-state index contributed by atoms with van der Waals surface area (Å²) in [4.78, 5) is 22.8. The molecule has 5 heteroatoms. The first-order valence-corrected chi connectivity index (χ1v) is 7.39. The van der Waals surface area contributed by atoms with Crippen LogP contribution in [-0.2, 0) is 9.59 Å². The predicted molar refractivity (Wildman–Crippen MR) is 78.1 cm³/mol. The monoisotopic (exact) mass is 288 g/mol. The van der Waals surface area contributed by atoms with Gasteiger partial charge in [0, 0.05) is 12.5 Å². The number of rotatable bonds is 4. The van der Waals surface area contributed by atoms with Crippen molar-refractivity contribution in [2.24, 2.45) is 0 Å². The summed E-state index contributed by atoms with van der Waals surface area (Å²) in [6.45, 7) is 0. The number of ether oxygens (including phenoxy) is 1. The second kappa shape index (κ2) is 5.85. The number of imide groups is 1. The van der Waals surface area contributed by atoms with Gasteiger partial charge in [0.1, 0.15) is 5.75 Å². The number of benzene rings is 1. The highest BCUT2D eigenvalue weighted by Crippen LogP contribution is 2.38. The zero-order valence-electron chi connectivity index (χ0n) is 12.1. The Labute approximate surface area is 124 Å². The van der Waals surface area contributed by atoms with E-state index in [9.17, 15) is 9.59 Å². The SMILES string of the molecule is COc1cccc(C2CC(NC3CCC(=O)NC3=O)C2)c1. The number of hydrogen-bond acceptors (Lipinski definition) is 4. The van der Waals surface area contributed by atoms with Crippen LogP contribution in [0.5, 0.6) is 5.75 Å². The molecule has 2 aliphatic rings. The molecule has 1 unspecified atom stereocenters. The summed E-state index contributed by atoms with van der Waals surface area (Å²) in [6, 6.07) is 8.28. The van der Waals surface area contributed by atoms with Crippen molar-refractivity contribution in [1.82, 2.24) is 10.6 Å². The number of piperidine rings is 1. The molecule has 0 spiro atoms. The van der Waals surface area contributed by atoms with Gasteiger partial charge in [0.15, 0.2) is 0 Å². The highest BCUT2D eigenvalue weighted by molar-refractivity contribution is 6.00. The Morgan fingerprint density at radius 1 is 1.29 bits per heavy atom. The third kappa shape index (κ3) is 3.08. The van der Waals surface area contributed by atoms with Crippen LogP contribution in [0.2, 0.25) is 0 Å². The molecule has 3 rings (SSSR count). The van der Waals surface area contributed by atoms with Crippen LogP contribution < -0.4 is 15.4 Å². The molecule has 1 aliphatic carbocycles. The molecule has 2 fully saturated rings. The van der Waals surface area contributed by atoms with Crippen molar-refractivity contribution >= 4 is 11.8 Å². The quantitative estimate of drug-likeness (QED) is 0.820. The third-order valence-corrected chi connectivity index (χ3v) is 4.38. The average molecular weight is 288 g/mol. The van der Waals surface area contributed by atoms with Crippen LogP contribution in [0.25, 0.3) is 0 Å². The molecule has 1 aliphatic heterocycles. The van der Waals surface area contributed by atoms with Gasteiger partial charge in [-0.2, -0.15) is 0 Å². The summed E-state index contributed by atoms with van der Waals surface area (Å²) >= 11 is 0. The van der Waals surface area contributed by atoms with E-state index < -0.39 is 0 Å². The zero-order valence-corrected chi connectivity index (χ0v) is 12.1. The van der Waals surface area contributed by atoms with Crippen LogP contribution in [0.4, 0.5) is 0 Å². The number of amides is 2. The van der Waals surface area contributed by atoms with Gasteiger partial charge in [0.2, 0.25) is 11.8 Å². The smallest absolute Gasteiger partial charge is 0.243 e. The molecule has 0 radical (unpaired) electrons. The standard InChI is InChI=1S/C16H20N2O3/c1-21-13-4-2-3-10(9-13)11-7-12(8-11)17-14-5-6-15(19)18-16(14)20/h2-4,9,11-12,14,17H,5-8H2,1H3,(H,18,19,20). The number of carbonyl (C=O) groups excluding carboxylic acids is 2. The Morgan fingerprint density at radius 2 is 2.10 bits per heavy atom. The summed E-state index contributed by atoms with van der Waals surface area (Å²) in [6.07, 6.45) is 3.07. The highest BCUT2D eigenvalue weighted by Gasteiger charge is 2.35. The van der Waals surface area contributed by atoms with E-state index in [0.717, 1.165) is 18.6 Å². The van der Waals surface area contributed by atoms with Crippen LogP contribution >= 0.6 is 0 Å². The van der Waals surface area contributed by atoms with E-state index >= 15 is 0 Å². The van der Waals surface area contributed by atoms with E-state index in [0.29, 0.717) is 24.8 Å². The molecule has 1 aromatic rings. The summed E-state index contributed by atoms with van der Waals surface area (Å²) in [7, 11) is 1.67. The topological polar surface area (TPSA) is 67.4 Å². The Hall–Kier alpha value is -1.88. The van der Waals surface area contributed by atoms with Crippen molar-refractivity contribution in [3.63, 3.8) is 0 Å². The molecule has 5 nitrogen and oxygen atoms in total. The van der Waals surface area contributed by atoms with Crippen molar-refractivity contribution in [3.8, 4) is 5.75 Å². The maximum atomic E-state index is 11.7. The van der Waals surface area contributed by atoms with Gasteiger partial charge in [-0.05, 0) is 42.9 Å². The summed E-state index contributed by atoms with van der Waals surface area (Å²) in [5.74, 6) is 1.05. The van der Waals surface area contributed by atoms with Crippen LogP contribution in [0.3, 0.4) is 0 Å². The van der Waals surface area contributed by atoms with E-state index in [1.165, 1.54) is 5.56 Å². The zero-order chi connectivity index (χ0) is 14.8. The Balaban J connectivity index is 1.51. The summed E-state index contributed by atoms with van der Waals surface area (Å²) in [5.41, 5.74) is 1.29. The number of carbonyl (C=O) groups is 2. The summed E-state index contributed by atoms with van der Waals surface area (Å²) in [5, 5.41) is 5.74. The molecule has 0 aromatic heterocycles. The molecule has 2 amide bonds. The molecular weight excluding hydrogens is 268 g/mol. The first-order chi connectivity index (χ1) is 10.2. The van der Waals surface area contributed by atoms with Gasteiger partial charge in [0.25, 0.3) is 0 Å². The molecule has 112 valence electrons. The molecule has 21 heavy (non-hydrogen) atoms. The molecule has 2 N–H and O–H groups in total. The second-order valence-corrected chi connectivity index (χ2v) is 5.81. The average Bonchev–Trinajstić information content (AvgIpc) is 2.44. The normalized spacial score (nSPS) is 28.7. The number of methoxy groups -OCH3 is 1. The lowest BCUT2D eigenvalue weighted by atomic mass is 9.75. The fourth-order valence-electron chi connectivity index (χ4n) is 3.06. The lowest BCUT2D eigenvalue weighted by Gasteiger charge is -2.39. The van der Waals surface area contributed by atoms with E-state index in [2.05, 4.69) is 22.8 Å². The van der Waals surface area contributed by atoms with Gasteiger partial charge in [-0.3, -0.25) is 14.9 Å². The van der Waals surface area contributed by atoms with Gasteiger partial charge in [-0.15, -0.1) is 0 Å². The van der Waals surface area contributed by atoms with E-state index in [1.807, 2.05) is 12.1 Å². The van der Waals surface area contributed by atoms with Crippen molar-refractivity contribution < 1.29 is 14.3 Å². The van der Waals surface area contributed by atoms with Gasteiger partial charge in [-0.1, -0.05) is 12.1 Å². The van der Waals surface area contributed by atoms with E-state index in [4.69, 9.17) is 4.74 Å². The van der Waals surface area contributed by atoms with Crippen molar-refractivity contribution in [1.29, 1.82) is 0 Å². The Kier molecular flexibility index (Phi) is 3.92. The van der Waals surface area contributed by atoms with Crippen molar-refractivity contribution in [2.75, 3.05) is 7.11 Å². The second-order valence-electron chi connectivity index (χ2n) is 5.81. The lowest BCUT2D eigenvalue weighted by molar-refractivity contribution is -0.135. The predicted octanol–water partition coefficient (Wildman–Crippen LogP) is 1.34. The minimum atomic E-state index is -0.223. The molecular formula is C16H20N2O3. The van der Waals surface area contributed by atoms with Gasteiger partial charge in [-0.25, -0.2) is 0 Å². The largest absolute Gasteiger partial charge is 0.497 e. The molecule has 1 heterocycles. The highest BCUT2D eigenvalue weighted by atomic mass is 16.5. The van der Waals surface area contributed by atoms with Crippen LogP contribution in [-0.4, -0.2) is 31.0 Å². The first kappa shape index (κ1) is 14.1. The lowest BCUT2D eigenvalue weighted by Crippen LogP contribution is -2.55. The molecule has 1 atom stereocenters. The van der Waals surface area contributed by atoms with E-state index in [-0.39, 0.29) is 17.9 Å². The fourth-order valence-corrected chi connectivity index (χ4v) is 3.06. The fraction of sp³-hybridized carbons (Fsp3) is 0.500.